The minimum absolute atomic E-state index is 0.677. The number of rotatable bonds is 1. The molecule has 1 aliphatic heterocycles. The molecule has 3 heteroatoms. The molecule has 0 aromatic rings. The molecule has 0 amide bonds. The van der Waals surface area contributed by atoms with Gasteiger partial charge in [0.05, 0.1) is 6.54 Å². The lowest BCUT2D eigenvalue weighted by atomic mass is 9.86. The molecule has 1 aliphatic carbocycles. The van der Waals surface area contributed by atoms with Crippen LogP contribution in [0.3, 0.4) is 0 Å². The molecule has 2 aliphatic rings. The molecule has 0 unspecified atom stereocenters. The smallest absolute Gasteiger partial charge is 0.157 e. The lowest BCUT2D eigenvalue weighted by Gasteiger charge is -2.30. The summed E-state index contributed by atoms with van der Waals surface area (Å²) in [5.41, 5.74) is 0. The Kier molecular flexibility index (Phi) is 3.37. The van der Waals surface area contributed by atoms with Crippen LogP contribution < -0.4 is 5.32 Å². The van der Waals surface area contributed by atoms with E-state index in [1.54, 1.807) is 0 Å². The van der Waals surface area contributed by atoms with Crippen LogP contribution in [0.4, 0.5) is 0 Å². The van der Waals surface area contributed by atoms with Crippen molar-refractivity contribution >= 4 is 16.9 Å². The van der Waals surface area contributed by atoms with E-state index in [-0.39, 0.29) is 0 Å². The van der Waals surface area contributed by atoms with Crippen molar-refractivity contribution in [2.75, 3.05) is 6.54 Å². The first kappa shape index (κ1) is 10.3. The summed E-state index contributed by atoms with van der Waals surface area (Å²) in [7, 11) is 0. The van der Waals surface area contributed by atoms with Crippen LogP contribution in [0.1, 0.15) is 39.5 Å². The van der Waals surface area contributed by atoms with Gasteiger partial charge in [-0.3, -0.25) is 4.99 Å². The highest BCUT2D eigenvalue weighted by atomic mass is 32.2. The summed E-state index contributed by atoms with van der Waals surface area (Å²) in [4.78, 5) is 4.51. The molecule has 0 radical (unpaired) electrons. The van der Waals surface area contributed by atoms with E-state index in [1.165, 1.54) is 30.9 Å². The van der Waals surface area contributed by atoms with E-state index in [1.807, 2.05) is 11.8 Å². The van der Waals surface area contributed by atoms with Gasteiger partial charge in [-0.2, -0.15) is 0 Å². The third kappa shape index (κ3) is 2.44. The van der Waals surface area contributed by atoms with Gasteiger partial charge in [-0.25, -0.2) is 0 Å². The summed E-state index contributed by atoms with van der Waals surface area (Å²) in [6.45, 7) is 5.60. The Morgan fingerprint density at radius 1 is 1.29 bits per heavy atom. The fourth-order valence-electron chi connectivity index (χ4n) is 2.25. The average molecular weight is 212 g/mol. The molecule has 80 valence electrons. The maximum absolute atomic E-state index is 4.51. The fourth-order valence-corrected chi connectivity index (χ4v) is 3.14. The van der Waals surface area contributed by atoms with Crippen molar-refractivity contribution in [3.63, 3.8) is 0 Å². The van der Waals surface area contributed by atoms with Crippen molar-refractivity contribution in [2.45, 2.75) is 50.8 Å². The second kappa shape index (κ2) is 4.56. The van der Waals surface area contributed by atoms with Gasteiger partial charge in [-0.05, 0) is 18.8 Å². The van der Waals surface area contributed by atoms with Crippen molar-refractivity contribution in [1.82, 2.24) is 5.32 Å². The van der Waals surface area contributed by atoms with Crippen molar-refractivity contribution < 1.29 is 0 Å². The number of nitrogens with zero attached hydrogens (tertiary/aromatic N) is 1. The second-order valence-corrected chi connectivity index (χ2v) is 6.01. The van der Waals surface area contributed by atoms with Crippen molar-refractivity contribution in [3.05, 3.63) is 0 Å². The zero-order chi connectivity index (χ0) is 9.97. The van der Waals surface area contributed by atoms with Crippen LogP contribution in [0.15, 0.2) is 4.99 Å². The van der Waals surface area contributed by atoms with E-state index < -0.39 is 0 Å². The monoisotopic (exact) mass is 212 g/mol. The van der Waals surface area contributed by atoms with Gasteiger partial charge in [-0.1, -0.05) is 38.5 Å². The SMILES string of the molecule is C[C@@H]1CN=C(N[C@@H]2CCCC[C@@H]2C)S1. The van der Waals surface area contributed by atoms with Crippen LogP contribution in [0, 0.1) is 5.92 Å². The number of hydrogen-bond acceptors (Lipinski definition) is 3. The summed E-state index contributed by atoms with van der Waals surface area (Å²) in [6, 6.07) is 0.681. The van der Waals surface area contributed by atoms with Crippen molar-refractivity contribution in [1.29, 1.82) is 0 Å². The lowest BCUT2D eigenvalue weighted by molar-refractivity contribution is 0.310. The van der Waals surface area contributed by atoms with E-state index in [2.05, 4.69) is 24.2 Å². The van der Waals surface area contributed by atoms with E-state index in [9.17, 15) is 0 Å². The first-order valence-corrected chi connectivity index (χ1v) is 6.61. The molecule has 2 rings (SSSR count). The molecule has 0 bridgehead atoms. The second-order valence-electron chi connectivity index (χ2n) is 4.59. The molecule has 2 nitrogen and oxygen atoms in total. The van der Waals surface area contributed by atoms with E-state index >= 15 is 0 Å². The summed E-state index contributed by atoms with van der Waals surface area (Å²) < 4.78 is 0. The summed E-state index contributed by atoms with van der Waals surface area (Å²) >= 11 is 1.90. The van der Waals surface area contributed by atoms with Gasteiger partial charge in [0.15, 0.2) is 5.17 Å². The highest BCUT2D eigenvalue weighted by Gasteiger charge is 2.24. The molecule has 1 N–H and O–H groups in total. The fraction of sp³-hybridized carbons (Fsp3) is 0.909. The maximum atomic E-state index is 4.51. The molecule has 1 fully saturated rings. The molecular weight excluding hydrogens is 192 g/mol. The molecule has 1 saturated carbocycles. The summed E-state index contributed by atoms with van der Waals surface area (Å²) in [5.74, 6) is 0.822. The van der Waals surface area contributed by atoms with Crippen LogP contribution >= 0.6 is 11.8 Å². The van der Waals surface area contributed by atoms with Crippen molar-refractivity contribution in [3.8, 4) is 0 Å². The number of aliphatic imine (C=N–C) groups is 1. The van der Waals surface area contributed by atoms with Crippen LogP contribution in [0.25, 0.3) is 0 Å². The van der Waals surface area contributed by atoms with Gasteiger partial charge in [0.2, 0.25) is 0 Å². The average Bonchev–Trinajstić information content (AvgIpc) is 2.56. The van der Waals surface area contributed by atoms with Crippen LogP contribution in [0.2, 0.25) is 0 Å². The van der Waals surface area contributed by atoms with Gasteiger partial charge in [0, 0.05) is 11.3 Å². The minimum Gasteiger partial charge on any atom is -0.362 e. The van der Waals surface area contributed by atoms with Crippen LogP contribution in [-0.4, -0.2) is 23.0 Å². The van der Waals surface area contributed by atoms with Crippen LogP contribution in [-0.2, 0) is 0 Å². The molecule has 0 aromatic carbocycles. The Morgan fingerprint density at radius 3 is 2.71 bits per heavy atom. The first-order valence-electron chi connectivity index (χ1n) is 5.73. The quantitative estimate of drug-likeness (QED) is 0.722. The third-order valence-corrected chi connectivity index (χ3v) is 4.25. The lowest BCUT2D eigenvalue weighted by Crippen LogP contribution is -2.39. The van der Waals surface area contributed by atoms with Gasteiger partial charge >= 0.3 is 0 Å². The Bertz CT molecular complexity index is 227. The number of thioether (sulfide) groups is 1. The van der Waals surface area contributed by atoms with Gasteiger partial charge in [-0.15, -0.1) is 0 Å². The highest BCUT2D eigenvalue weighted by molar-refractivity contribution is 8.14. The predicted molar refractivity (Wildman–Crippen MR) is 63.9 cm³/mol. The molecule has 3 atom stereocenters. The Hall–Kier alpha value is -0.180. The van der Waals surface area contributed by atoms with Gasteiger partial charge in [0.25, 0.3) is 0 Å². The Balaban J connectivity index is 1.84. The topological polar surface area (TPSA) is 24.4 Å². The zero-order valence-electron chi connectivity index (χ0n) is 9.12. The third-order valence-electron chi connectivity index (χ3n) is 3.23. The molecule has 0 aromatic heterocycles. The molecule has 14 heavy (non-hydrogen) atoms. The van der Waals surface area contributed by atoms with Crippen LogP contribution in [0.5, 0.6) is 0 Å². The van der Waals surface area contributed by atoms with Gasteiger partial charge < -0.3 is 5.32 Å². The van der Waals surface area contributed by atoms with E-state index in [0.29, 0.717) is 11.3 Å². The van der Waals surface area contributed by atoms with Gasteiger partial charge in [0.1, 0.15) is 0 Å². The summed E-state index contributed by atoms with van der Waals surface area (Å²) in [5, 5.41) is 5.48. The first-order chi connectivity index (χ1) is 6.75. The standard InChI is InChI=1S/C11H20N2S/c1-8-5-3-4-6-10(8)13-11-12-7-9(2)14-11/h8-10H,3-7H2,1-2H3,(H,12,13)/t8-,9+,10+/m0/s1. The number of nitrogens with one attached hydrogen (secondary N) is 1. The molecule has 1 heterocycles. The maximum Gasteiger partial charge on any atom is 0.157 e. The molecular formula is C11H20N2S. The molecule has 0 saturated heterocycles. The predicted octanol–water partition coefficient (Wildman–Crippen LogP) is 2.65. The normalized spacial score (nSPS) is 38.1. The van der Waals surface area contributed by atoms with E-state index in [0.717, 1.165) is 12.5 Å². The largest absolute Gasteiger partial charge is 0.362 e. The Labute approximate surface area is 90.9 Å². The zero-order valence-corrected chi connectivity index (χ0v) is 9.94. The van der Waals surface area contributed by atoms with E-state index in [4.69, 9.17) is 0 Å². The minimum atomic E-state index is 0.677. The Morgan fingerprint density at radius 2 is 2.07 bits per heavy atom. The van der Waals surface area contributed by atoms with Crippen molar-refractivity contribution in [2.24, 2.45) is 10.9 Å². The number of amidine groups is 1. The molecule has 0 spiro atoms. The highest BCUT2D eigenvalue weighted by Crippen LogP contribution is 2.26. The number of hydrogen-bond donors (Lipinski definition) is 1. The summed E-state index contributed by atoms with van der Waals surface area (Å²) in [6.07, 6.45) is 5.51.